The van der Waals surface area contributed by atoms with Crippen LogP contribution in [0.1, 0.15) is 106 Å². The predicted molar refractivity (Wildman–Crippen MR) is 128 cm³/mol. The van der Waals surface area contributed by atoms with Gasteiger partial charge in [0.1, 0.15) is 11.6 Å². The van der Waals surface area contributed by atoms with Gasteiger partial charge in [-0.1, -0.05) is 57.4 Å². The molecule has 2 nitrogen and oxygen atoms in total. The summed E-state index contributed by atoms with van der Waals surface area (Å²) in [7, 11) is 0. The molecule has 0 aromatic carbocycles. The van der Waals surface area contributed by atoms with Crippen LogP contribution >= 0.6 is 0 Å². The van der Waals surface area contributed by atoms with Gasteiger partial charge in [0.15, 0.2) is 0 Å². The highest BCUT2D eigenvalue weighted by Crippen LogP contribution is 2.71. The zero-order valence-electron chi connectivity index (χ0n) is 21.1. The molecule has 4 aliphatic rings. The molecular formula is C29H44O2. The van der Waals surface area contributed by atoms with Gasteiger partial charge in [0.05, 0.1) is 0 Å². The van der Waals surface area contributed by atoms with Crippen LogP contribution in [-0.4, -0.2) is 11.6 Å². The van der Waals surface area contributed by atoms with E-state index in [1.54, 1.807) is 5.57 Å². The molecule has 0 heterocycles. The summed E-state index contributed by atoms with van der Waals surface area (Å²) in [4.78, 5) is 26.0. The Hall–Kier alpha value is -1.18. The third-order valence-electron chi connectivity index (χ3n) is 10.8. The fourth-order valence-corrected chi connectivity index (χ4v) is 8.72. The highest BCUT2D eigenvalue weighted by Gasteiger charge is 2.63. The van der Waals surface area contributed by atoms with Gasteiger partial charge in [0.25, 0.3) is 0 Å². The first-order valence-electron chi connectivity index (χ1n) is 12.9. The first-order valence-corrected chi connectivity index (χ1v) is 12.9. The number of fused-ring (bicyclic) bond motifs is 4. The van der Waals surface area contributed by atoms with Crippen LogP contribution in [0.15, 0.2) is 22.8 Å². The van der Waals surface area contributed by atoms with E-state index >= 15 is 0 Å². The van der Waals surface area contributed by atoms with Crippen LogP contribution < -0.4 is 0 Å². The van der Waals surface area contributed by atoms with Crippen LogP contribution in [0, 0.1) is 39.9 Å². The summed E-state index contributed by atoms with van der Waals surface area (Å²) in [6, 6.07) is 0. The molecule has 0 aromatic heterocycles. The minimum absolute atomic E-state index is 0.0827. The fraction of sp³-hybridized carbons (Fsp3) is 0.793. The number of carbonyl (C=O) groups excluding carboxylic acids is 2. The molecular weight excluding hydrogens is 380 g/mol. The first kappa shape index (κ1) is 23.0. The van der Waals surface area contributed by atoms with Gasteiger partial charge >= 0.3 is 0 Å². The Labute approximate surface area is 190 Å². The molecule has 0 spiro atoms. The standard InChI is InChI=1S/C29H44O2/c1-18(2)9-8-10-19(3)21-11-15-29(7)23-17-25(31)26-20(4)24(30)13-14-27(26,5)22(23)12-16-28(21,29)6/h9,19-21,26H,8,10-17H2,1-7H3/t19-,20+,21+,26-,27+,28+,29-/m0/s1. The number of Topliss-reactive ketones (excluding diaryl/α,β-unsaturated/α-hetero) is 2. The summed E-state index contributed by atoms with van der Waals surface area (Å²) in [5.74, 6) is 1.93. The molecule has 0 aromatic rings. The van der Waals surface area contributed by atoms with Crippen molar-refractivity contribution in [2.75, 3.05) is 0 Å². The van der Waals surface area contributed by atoms with E-state index in [2.05, 4.69) is 47.6 Å². The molecule has 31 heavy (non-hydrogen) atoms. The molecule has 7 atom stereocenters. The molecule has 0 bridgehead atoms. The Balaban J connectivity index is 1.68. The average molecular weight is 425 g/mol. The van der Waals surface area contributed by atoms with Crippen LogP contribution in [0.25, 0.3) is 0 Å². The van der Waals surface area contributed by atoms with Gasteiger partial charge in [0, 0.05) is 24.7 Å². The van der Waals surface area contributed by atoms with E-state index in [1.807, 2.05) is 6.92 Å². The van der Waals surface area contributed by atoms with E-state index in [9.17, 15) is 9.59 Å². The highest BCUT2D eigenvalue weighted by atomic mass is 16.1. The lowest BCUT2D eigenvalue weighted by Gasteiger charge is -2.58. The number of hydrogen-bond acceptors (Lipinski definition) is 2. The van der Waals surface area contributed by atoms with Gasteiger partial charge in [0.2, 0.25) is 0 Å². The van der Waals surface area contributed by atoms with E-state index in [4.69, 9.17) is 0 Å². The molecule has 0 N–H and O–H groups in total. The molecule has 4 rings (SSSR count). The summed E-state index contributed by atoms with van der Waals surface area (Å²) >= 11 is 0. The van der Waals surface area contributed by atoms with Gasteiger partial charge in [-0.05, 0) is 86.9 Å². The molecule has 4 aliphatic carbocycles. The van der Waals surface area contributed by atoms with Crippen molar-refractivity contribution in [3.05, 3.63) is 22.8 Å². The van der Waals surface area contributed by atoms with Gasteiger partial charge in [-0.15, -0.1) is 0 Å². The maximum atomic E-state index is 13.5. The maximum Gasteiger partial charge on any atom is 0.141 e. The SMILES string of the molecule is CC(C)=CCC[C@H](C)[C@H]1CC[C@@]2(C)C3=C(CC[C@]12C)[C@@]1(C)CCC(=O)[C@@H](C)[C@H]1C(=O)C3. The van der Waals surface area contributed by atoms with E-state index < -0.39 is 0 Å². The van der Waals surface area contributed by atoms with Crippen molar-refractivity contribution in [3.8, 4) is 0 Å². The molecule has 0 radical (unpaired) electrons. The molecule has 0 amide bonds. The van der Waals surface area contributed by atoms with Crippen LogP contribution in [0.4, 0.5) is 0 Å². The number of allylic oxidation sites excluding steroid dienone is 4. The fourth-order valence-electron chi connectivity index (χ4n) is 8.72. The smallest absolute Gasteiger partial charge is 0.141 e. The van der Waals surface area contributed by atoms with E-state index in [0.29, 0.717) is 24.4 Å². The lowest BCUT2D eigenvalue weighted by Crippen LogP contribution is -2.54. The second-order valence-corrected chi connectivity index (χ2v) is 12.5. The van der Waals surface area contributed by atoms with Crippen LogP contribution in [0.3, 0.4) is 0 Å². The second-order valence-electron chi connectivity index (χ2n) is 12.5. The Morgan fingerprint density at radius 2 is 1.74 bits per heavy atom. The summed E-state index contributed by atoms with van der Waals surface area (Å²) in [5.41, 5.74) is 4.86. The van der Waals surface area contributed by atoms with Gasteiger partial charge in [-0.2, -0.15) is 0 Å². The average Bonchev–Trinajstić information content (AvgIpc) is 2.97. The topological polar surface area (TPSA) is 34.1 Å². The van der Waals surface area contributed by atoms with Crippen molar-refractivity contribution in [3.63, 3.8) is 0 Å². The number of hydrogen-bond donors (Lipinski definition) is 0. The summed E-state index contributed by atoms with van der Waals surface area (Å²) < 4.78 is 0. The van der Waals surface area contributed by atoms with E-state index in [0.717, 1.165) is 24.7 Å². The van der Waals surface area contributed by atoms with Crippen molar-refractivity contribution < 1.29 is 9.59 Å². The van der Waals surface area contributed by atoms with Gasteiger partial charge < -0.3 is 0 Å². The molecule has 2 fully saturated rings. The van der Waals surface area contributed by atoms with Crippen molar-refractivity contribution in [2.24, 2.45) is 39.9 Å². The van der Waals surface area contributed by atoms with Crippen molar-refractivity contribution in [1.82, 2.24) is 0 Å². The Morgan fingerprint density at radius 1 is 1.03 bits per heavy atom. The predicted octanol–water partition coefficient (Wildman–Crippen LogP) is 7.48. The number of ketones is 2. The third kappa shape index (κ3) is 3.25. The van der Waals surface area contributed by atoms with E-state index in [1.165, 1.54) is 43.3 Å². The second kappa shape index (κ2) is 7.70. The summed E-state index contributed by atoms with van der Waals surface area (Å²) in [5, 5.41) is 0. The Kier molecular flexibility index (Phi) is 5.71. The maximum absolute atomic E-state index is 13.5. The van der Waals surface area contributed by atoms with Crippen molar-refractivity contribution in [2.45, 2.75) is 106 Å². The van der Waals surface area contributed by atoms with Crippen LogP contribution in [0.2, 0.25) is 0 Å². The van der Waals surface area contributed by atoms with Gasteiger partial charge in [-0.3, -0.25) is 9.59 Å². The molecule has 172 valence electrons. The molecule has 0 aliphatic heterocycles. The van der Waals surface area contributed by atoms with Gasteiger partial charge in [-0.25, -0.2) is 0 Å². The normalized spacial score (nSPS) is 43.3. The summed E-state index contributed by atoms with van der Waals surface area (Å²) in [6.07, 6.45) is 11.9. The lowest BCUT2D eigenvalue weighted by molar-refractivity contribution is -0.142. The largest absolute Gasteiger partial charge is 0.299 e. The van der Waals surface area contributed by atoms with E-state index in [-0.39, 0.29) is 28.1 Å². The first-order chi connectivity index (χ1) is 14.5. The van der Waals surface area contributed by atoms with Crippen molar-refractivity contribution >= 4 is 11.6 Å². The molecule has 0 saturated heterocycles. The highest BCUT2D eigenvalue weighted by molar-refractivity contribution is 5.94. The van der Waals surface area contributed by atoms with Crippen LogP contribution in [0.5, 0.6) is 0 Å². The Bertz CT molecular complexity index is 843. The molecule has 2 heteroatoms. The molecule has 2 saturated carbocycles. The molecule has 0 unspecified atom stereocenters. The minimum Gasteiger partial charge on any atom is -0.299 e. The number of carbonyl (C=O) groups is 2. The lowest BCUT2D eigenvalue weighted by atomic mass is 9.45. The van der Waals surface area contributed by atoms with Crippen LogP contribution in [-0.2, 0) is 9.59 Å². The number of rotatable bonds is 4. The quantitative estimate of drug-likeness (QED) is 0.438. The Morgan fingerprint density at radius 3 is 2.42 bits per heavy atom. The monoisotopic (exact) mass is 424 g/mol. The summed E-state index contributed by atoms with van der Waals surface area (Å²) in [6.45, 7) is 16.3. The minimum atomic E-state index is -0.104. The van der Waals surface area contributed by atoms with Crippen molar-refractivity contribution in [1.29, 1.82) is 0 Å². The zero-order chi connectivity index (χ0) is 22.8. The zero-order valence-corrected chi connectivity index (χ0v) is 21.1. The third-order valence-corrected chi connectivity index (χ3v) is 10.8.